The van der Waals surface area contributed by atoms with E-state index in [9.17, 15) is 0 Å². The van der Waals surface area contributed by atoms with Crippen molar-refractivity contribution in [2.75, 3.05) is 4.90 Å². The van der Waals surface area contributed by atoms with Gasteiger partial charge in [0.15, 0.2) is 0 Å². The molecule has 0 N–H and O–H groups in total. The second-order valence-electron chi connectivity index (χ2n) is 17.8. The zero-order valence-electron chi connectivity index (χ0n) is 38.5. The molecule has 0 fully saturated rings. The van der Waals surface area contributed by atoms with Crippen LogP contribution in [0.5, 0.6) is 0 Å². The van der Waals surface area contributed by atoms with E-state index in [2.05, 4.69) is 249 Å². The van der Waals surface area contributed by atoms with Crippen molar-refractivity contribution in [1.29, 1.82) is 0 Å². The van der Waals surface area contributed by atoms with Gasteiger partial charge in [-0.05, 0) is 141 Å². The summed E-state index contributed by atoms with van der Waals surface area (Å²) in [6.07, 6.45) is 20.1. The Balaban J connectivity index is 1.24. The first kappa shape index (κ1) is 44.9. The largest absolute Gasteiger partial charge is 0.311 e. The van der Waals surface area contributed by atoms with Crippen LogP contribution in [0.2, 0.25) is 0 Å². The Kier molecular flexibility index (Phi) is 14.9. The topological polar surface area (TPSA) is 3.24 Å². The van der Waals surface area contributed by atoms with E-state index in [-0.39, 0.29) is 16.2 Å². The molecule has 314 valence electrons. The van der Waals surface area contributed by atoms with Crippen LogP contribution in [0.3, 0.4) is 0 Å². The maximum absolute atomic E-state index is 2.37. The number of nitrogens with zero attached hydrogens (tertiary/aromatic N) is 1. The lowest BCUT2D eigenvalue weighted by Gasteiger charge is -2.27. The zero-order chi connectivity index (χ0) is 43.5. The molecule has 6 aromatic carbocycles. The Hall–Kier alpha value is -5.66. The van der Waals surface area contributed by atoms with Crippen LogP contribution in [0.15, 0.2) is 146 Å². The molecule has 1 heteroatoms. The Bertz CT molecular complexity index is 2070. The standard InChI is InChI=1S/C60H69N/c1-10-58(7,11-2)52-34-22-46(23-35-52)16-19-49-28-40-55(41-29-49)61(56-42-30-50(31-43-56)20-17-47-24-36-53(37-25-47)59(8,12-3)13-4)57-44-32-51(33-45-57)21-18-48-26-38-54(39-27-48)60(9,14-5)15-6/h16-45H,10-15H2,1-9H3. The highest BCUT2D eigenvalue weighted by atomic mass is 15.1. The average molecular weight is 804 g/mol. The van der Waals surface area contributed by atoms with Crippen molar-refractivity contribution in [2.24, 2.45) is 0 Å². The van der Waals surface area contributed by atoms with Gasteiger partial charge in [-0.1, -0.05) is 208 Å². The van der Waals surface area contributed by atoms with Gasteiger partial charge >= 0.3 is 0 Å². The summed E-state index contributed by atoms with van der Waals surface area (Å²) >= 11 is 0. The normalized spacial score (nSPS) is 12.5. The van der Waals surface area contributed by atoms with Crippen molar-refractivity contribution in [2.45, 2.75) is 117 Å². The fourth-order valence-electron chi connectivity index (χ4n) is 8.19. The van der Waals surface area contributed by atoms with Gasteiger partial charge in [-0.3, -0.25) is 0 Å². The molecule has 0 aromatic heterocycles. The van der Waals surface area contributed by atoms with Gasteiger partial charge < -0.3 is 4.90 Å². The molecule has 0 atom stereocenters. The molecule has 0 amide bonds. The molecule has 0 heterocycles. The van der Waals surface area contributed by atoms with Gasteiger partial charge in [-0.2, -0.15) is 0 Å². The number of anilines is 3. The van der Waals surface area contributed by atoms with Crippen LogP contribution in [0.4, 0.5) is 17.1 Å². The molecule has 0 aliphatic carbocycles. The quantitative estimate of drug-likeness (QED) is 0.0783. The SMILES string of the molecule is CCC(C)(CC)c1ccc(C=Cc2ccc(N(c3ccc(C=Cc4ccc(C(C)(CC)CC)cc4)cc3)c3ccc(C=Cc4ccc(C(C)(CC)CC)cc4)cc3)cc2)cc1. The summed E-state index contributed by atoms with van der Waals surface area (Å²) in [6.45, 7) is 20.8. The van der Waals surface area contributed by atoms with E-state index < -0.39 is 0 Å². The fraction of sp³-hybridized carbons (Fsp3) is 0.300. The molecular formula is C60H69N. The minimum absolute atomic E-state index is 0.231. The van der Waals surface area contributed by atoms with E-state index in [0.29, 0.717) is 0 Å². The third kappa shape index (κ3) is 10.8. The molecule has 1 nitrogen and oxygen atoms in total. The van der Waals surface area contributed by atoms with Gasteiger partial charge in [0.1, 0.15) is 0 Å². The number of rotatable bonds is 18. The lowest BCUT2D eigenvalue weighted by molar-refractivity contribution is 0.439. The molecule has 0 unspecified atom stereocenters. The Morgan fingerprint density at radius 3 is 0.607 bits per heavy atom. The maximum atomic E-state index is 2.37. The summed E-state index contributed by atoms with van der Waals surface area (Å²) in [4.78, 5) is 2.35. The third-order valence-corrected chi connectivity index (χ3v) is 14.4. The first-order valence-corrected chi connectivity index (χ1v) is 22.9. The number of hydrogen-bond acceptors (Lipinski definition) is 1. The molecule has 0 saturated carbocycles. The molecule has 0 radical (unpaired) electrons. The van der Waals surface area contributed by atoms with Crippen LogP contribution in [0.1, 0.15) is 151 Å². The van der Waals surface area contributed by atoms with Gasteiger partial charge in [-0.25, -0.2) is 0 Å². The molecule has 0 spiro atoms. The van der Waals surface area contributed by atoms with Crippen molar-refractivity contribution in [3.8, 4) is 0 Å². The predicted octanol–water partition coefficient (Wildman–Crippen LogP) is 17.9. The van der Waals surface area contributed by atoms with E-state index in [0.717, 1.165) is 55.6 Å². The maximum Gasteiger partial charge on any atom is 0.0462 e. The second kappa shape index (κ2) is 20.3. The van der Waals surface area contributed by atoms with Crippen LogP contribution in [-0.4, -0.2) is 0 Å². The van der Waals surface area contributed by atoms with Crippen molar-refractivity contribution >= 4 is 53.5 Å². The summed E-state index contributed by atoms with van der Waals surface area (Å²) in [6, 6.07) is 54.0. The smallest absolute Gasteiger partial charge is 0.0462 e. The predicted molar refractivity (Wildman–Crippen MR) is 271 cm³/mol. The van der Waals surface area contributed by atoms with Crippen LogP contribution in [0, 0.1) is 0 Å². The summed E-state index contributed by atoms with van der Waals surface area (Å²) in [5, 5.41) is 0. The first-order chi connectivity index (χ1) is 29.5. The van der Waals surface area contributed by atoms with E-state index >= 15 is 0 Å². The monoisotopic (exact) mass is 804 g/mol. The first-order valence-electron chi connectivity index (χ1n) is 22.9. The van der Waals surface area contributed by atoms with Crippen LogP contribution in [0.25, 0.3) is 36.5 Å². The van der Waals surface area contributed by atoms with Crippen LogP contribution >= 0.6 is 0 Å². The molecule has 0 aliphatic rings. The van der Waals surface area contributed by atoms with Gasteiger partial charge in [-0.15, -0.1) is 0 Å². The minimum Gasteiger partial charge on any atom is -0.311 e. The Morgan fingerprint density at radius 1 is 0.279 bits per heavy atom. The fourth-order valence-corrected chi connectivity index (χ4v) is 8.19. The number of benzene rings is 6. The Morgan fingerprint density at radius 2 is 0.443 bits per heavy atom. The van der Waals surface area contributed by atoms with Gasteiger partial charge in [0.05, 0.1) is 0 Å². The summed E-state index contributed by atoms with van der Waals surface area (Å²) in [5.74, 6) is 0. The second-order valence-corrected chi connectivity index (χ2v) is 17.8. The van der Waals surface area contributed by atoms with Gasteiger partial charge in [0, 0.05) is 17.1 Å². The Labute approximate surface area is 369 Å². The van der Waals surface area contributed by atoms with Crippen molar-refractivity contribution in [1.82, 2.24) is 0 Å². The highest BCUT2D eigenvalue weighted by Crippen LogP contribution is 2.37. The lowest BCUT2D eigenvalue weighted by Crippen LogP contribution is -2.19. The van der Waals surface area contributed by atoms with Crippen LogP contribution < -0.4 is 4.90 Å². The average Bonchev–Trinajstić information content (AvgIpc) is 3.33. The summed E-state index contributed by atoms with van der Waals surface area (Å²) < 4.78 is 0. The van der Waals surface area contributed by atoms with Crippen molar-refractivity contribution < 1.29 is 0 Å². The van der Waals surface area contributed by atoms with E-state index in [1.165, 1.54) is 50.1 Å². The highest BCUT2D eigenvalue weighted by molar-refractivity contribution is 5.80. The van der Waals surface area contributed by atoms with E-state index in [1.807, 2.05) is 0 Å². The van der Waals surface area contributed by atoms with E-state index in [1.54, 1.807) is 0 Å². The van der Waals surface area contributed by atoms with Crippen molar-refractivity contribution in [3.63, 3.8) is 0 Å². The lowest BCUT2D eigenvalue weighted by atomic mass is 9.78. The molecule has 6 aromatic rings. The molecule has 0 saturated heterocycles. The summed E-state index contributed by atoms with van der Waals surface area (Å²) in [5.41, 5.74) is 15.4. The summed E-state index contributed by atoms with van der Waals surface area (Å²) in [7, 11) is 0. The molecule has 6 rings (SSSR count). The highest BCUT2D eigenvalue weighted by Gasteiger charge is 2.23. The molecule has 0 bridgehead atoms. The van der Waals surface area contributed by atoms with Gasteiger partial charge in [0.25, 0.3) is 0 Å². The zero-order valence-corrected chi connectivity index (χ0v) is 38.5. The minimum atomic E-state index is 0.231. The molecular weight excluding hydrogens is 735 g/mol. The molecule has 0 aliphatic heterocycles. The van der Waals surface area contributed by atoms with Gasteiger partial charge in [0.2, 0.25) is 0 Å². The molecule has 61 heavy (non-hydrogen) atoms. The third-order valence-electron chi connectivity index (χ3n) is 14.4. The number of hydrogen-bond donors (Lipinski definition) is 0. The van der Waals surface area contributed by atoms with Crippen LogP contribution in [-0.2, 0) is 16.2 Å². The van der Waals surface area contributed by atoms with Crippen molar-refractivity contribution in [3.05, 3.63) is 196 Å². The van der Waals surface area contributed by atoms with E-state index in [4.69, 9.17) is 0 Å².